The number of benzene rings is 1. The van der Waals surface area contributed by atoms with Crippen LogP contribution in [0.3, 0.4) is 0 Å². The van der Waals surface area contributed by atoms with Crippen molar-refractivity contribution in [3.63, 3.8) is 0 Å². The Balaban J connectivity index is 2.93. The maximum Gasteiger partial charge on any atom is 0.174 e. The topological polar surface area (TPSA) is 17.1 Å². The number of hydrogen-bond acceptors (Lipinski definition) is 1. The molecule has 0 aliphatic carbocycles. The summed E-state index contributed by atoms with van der Waals surface area (Å²) in [5.74, 6) is 5.29. The van der Waals surface area contributed by atoms with Gasteiger partial charge in [0.1, 0.15) is 0 Å². The first-order chi connectivity index (χ1) is 6.63. The first kappa shape index (κ1) is 11.1. The number of halogens is 2. The molecule has 0 unspecified atom stereocenters. The third-order valence-electron chi connectivity index (χ3n) is 1.61. The fraction of sp³-hybridized carbons (Fsp3) is 0.182. The average molecular weight is 227 g/mol. The molecule has 1 aromatic rings. The summed E-state index contributed by atoms with van der Waals surface area (Å²) in [4.78, 5) is 11.5. The summed E-state index contributed by atoms with van der Waals surface area (Å²) in [6.45, 7) is 1.69. The van der Waals surface area contributed by atoms with Gasteiger partial charge < -0.3 is 0 Å². The van der Waals surface area contributed by atoms with Gasteiger partial charge in [-0.25, -0.2) is 0 Å². The molecular formula is C11H8Cl2O. The van der Waals surface area contributed by atoms with E-state index in [-0.39, 0.29) is 12.2 Å². The van der Waals surface area contributed by atoms with E-state index in [4.69, 9.17) is 23.2 Å². The van der Waals surface area contributed by atoms with Crippen LogP contribution in [0.15, 0.2) is 18.2 Å². The van der Waals surface area contributed by atoms with Crippen molar-refractivity contribution in [2.45, 2.75) is 13.3 Å². The Kier molecular flexibility index (Phi) is 4.00. The molecule has 0 aliphatic heterocycles. The van der Waals surface area contributed by atoms with E-state index in [1.54, 1.807) is 25.1 Å². The van der Waals surface area contributed by atoms with Crippen molar-refractivity contribution in [3.05, 3.63) is 33.8 Å². The summed E-state index contributed by atoms with van der Waals surface area (Å²) >= 11 is 11.5. The van der Waals surface area contributed by atoms with Crippen LogP contribution in [-0.2, 0) is 0 Å². The third-order valence-corrected chi connectivity index (χ3v) is 2.05. The fourth-order valence-corrected chi connectivity index (χ4v) is 1.51. The highest BCUT2D eigenvalue weighted by Gasteiger charge is 2.05. The average Bonchev–Trinajstić information content (AvgIpc) is 2.12. The monoisotopic (exact) mass is 226 g/mol. The minimum absolute atomic E-state index is 0.0660. The summed E-state index contributed by atoms with van der Waals surface area (Å²) in [7, 11) is 0. The number of Topliss-reactive ketones (excluding diaryl/α,β-unsaturated/α-hetero) is 1. The molecule has 0 saturated carbocycles. The van der Waals surface area contributed by atoms with Crippen LogP contribution in [0.4, 0.5) is 0 Å². The van der Waals surface area contributed by atoms with Crippen LogP contribution in [0.1, 0.15) is 23.7 Å². The zero-order valence-corrected chi connectivity index (χ0v) is 9.12. The van der Waals surface area contributed by atoms with E-state index in [0.29, 0.717) is 15.6 Å². The van der Waals surface area contributed by atoms with Crippen LogP contribution in [0, 0.1) is 11.8 Å². The van der Waals surface area contributed by atoms with E-state index in [1.807, 2.05) is 0 Å². The molecule has 0 heterocycles. The van der Waals surface area contributed by atoms with Crippen molar-refractivity contribution in [1.82, 2.24) is 0 Å². The van der Waals surface area contributed by atoms with Gasteiger partial charge in [-0.15, -0.1) is 5.92 Å². The predicted molar refractivity (Wildman–Crippen MR) is 58.9 cm³/mol. The molecule has 0 atom stereocenters. The van der Waals surface area contributed by atoms with E-state index in [1.165, 1.54) is 0 Å². The van der Waals surface area contributed by atoms with Gasteiger partial charge in [0, 0.05) is 15.6 Å². The fourth-order valence-electron chi connectivity index (χ4n) is 0.986. The van der Waals surface area contributed by atoms with Gasteiger partial charge in [0.25, 0.3) is 0 Å². The van der Waals surface area contributed by atoms with Crippen LogP contribution in [0.2, 0.25) is 10.0 Å². The van der Waals surface area contributed by atoms with Crippen molar-refractivity contribution in [3.8, 4) is 11.8 Å². The van der Waals surface area contributed by atoms with Gasteiger partial charge in [-0.05, 0) is 25.1 Å². The Hall–Kier alpha value is -0.970. The van der Waals surface area contributed by atoms with Gasteiger partial charge in [-0.3, -0.25) is 4.79 Å². The van der Waals surface area contributed by atoms with Crippen LogP contribution >= 0.6 is 23.2 Å². The molecular weight excluding hydrogens is 219 g/mol. The lowest BCUT2D eigenvalue weighted by atomic mass is 10.1. The normalized spacial score (nSPS) is 9.07. The lowest BCUT2D eigenvalue weighted by Gasteiger charge is -1.99. The number of ketones is 1. The molecule has 0 saturated heterocycles. The molecule has 0 fully saturated rings. The van der Waals surface area contributed by atoms with Crippen molar-refractivity contribution in [2.24, 2.45) is 0 Å². The highest BCUT2D eigenvalue weighted by Crippen LogP contribution is 2.19. The zero-order chi connectivity index (χ0) is 10.6. The SMILES string of the molecule is CC#CCC(=O)c1cc(Cl)cc(Cl)c1. The van der Waals surface area contributed by atoms with E-state index in [2.05, 4.69) is 11.8 Å². The quantitative estimate of drug-likeness (QED) is 0.557. The lowest BCUT2D eigenvalue weighted by Crippen LogP contribution is -1.97. The molecule has 0 N–H and O–H groups in total. The van der Waals surface area contributed by atoms with E-state index in [0.717, 1.165) is 0 Å². The van der Waals surface area contributed by atoms with Gasteiger partial charge in [0.15, 0.2) is 5.78 Å². The van der Waals surface area contributed by atoms with Gasteiger partial charge in [0.2, 0.25) is 0 Å². The van der Waals surface area contributed by atoms with Crippen molar-refractivity contribution < 1.29 is 4.79 Å². The van der Waals surface area contributed by atoms with Crippen LogP contribution in [0.5, 0.6) is 0 Å². The molecule has 14 heavy (non-hydrogen) atoms. The molecule has 0 aromatic heterocycles. The maximum absolute atomic E-state index is 11.5. The number of hydrogen-bond donors (Lipinski definition) is 0. The van der Waals surface area contributed by atoms with Crippen molar-refractivity contribution >= 4 is 29.0 Å². The summed E-state index contributed by atoms with van der Waals surface area (Å²) in [5, 5.41) is 0.926. The molecule has 1 nitrogen and oxygen atoms in total. The molecule has 3 heteroatoms. The van der Waals surface area contributed by atoms with Gasteiger partial charge >= 0.3 is 0 Å². The second-order valence-corrected chi connectivity index (χ2v) is 3.56. The number of carbonyl (C=O) groups excluding carboxylic acids is 1. The molecule has 72 valence electrons. The number of carbonyl (C=O) groups is 1. The molecule has 0 radical (unpaired) electrons. The number of rotatable bonds is 2. The standard InChI is InChI=1S/C11H8Cl2O/c1-2-3-4-11(14)8-5-9(12)7-10(13)6-8/h5-7H,4H2,1H3. The van der Waals surface area contributed by atoms with Crippen molar-refractivity contribution in [1.29, 1.82) is 0 Å². The predicted octanol–water partition coefficient (Wildman–Crippen LogP) is 3.59. The highest BCUT2D eigenvalue weighted by molar-refractivity contribution is 6.35. The smallest absolute Gasteiger partial charge is 0.174 e. The molecule has 0 aliphatic rings. The molecule has 0 amide bonds. The van der Waals surface area contributed by atoms with Crippen LogP contribution in [0.25, 0.3) is 0 Å². The van der Waals surface area contributed by atoms with Crippen molar-refractivity contribution in [2.75, 3.05) is 0 Å². The Morgan fingerprint density at radius 1 is 1.29 bits per heavy atom. The molecule has 0 bridgehead atoms. The minimum Gasteiger partial charge on any atom is -0.293 e. The molecule has 1 aromatic carbocycles. The van der Waals surface area contributed by atoms with Gasteiger partial charge in [0.05, 0.1) is 6.42 Å². The van der Waals surface area contributed by atoms with E-state index in [9.17, 15) is 4.79 Å². The molecule has 0 spiro atoms. The Morgan fingerprint density at radius 2 is 1.86 bits per heavy atom. The van der Waals surface area contributed by atoms with Gasteiger partial charge in [-0.2, -0.15) is 0 Å². The Bertz CT molecular complexity index is 393. The lowest BCUT2D eigenvalue weighted by molar-refractivity contribution is 0.0998. The van der Waals surface area contributed by atoms with Crippen LogP contribution < -0.4 is 0 Å². The zero-order valence-electron chi connectivity index (χ0n) is 7.60. The van der Waals surface area contributed by atoms with Crippen LogP contribution in [-0.4, -0.2) is 5.78 Å². The summed E-state index contributed by atoms with van der Waals surface area (Å²) in [6.07, 6.45) is 0.202. The summed E-state index contributed by atoms with van der Waals surface area (Å²) < 4.78 is 0. The van der Waals surface area contributed by atoms with Gasteiger partial charge in [-0.1, -0.05) is 29.1 Å². The first-order valence-electron chi connectivity index (χ1n) is 4.02. The maximum atomic E-state index is 11.5. The van der Waals surface area contributed by atoms with E-state index >= 15 is 0 Å². The minimum atomic E-state index is -0.0660. The third kappa shape index (κ3) is 3.06. The highest BCUT2D eigenvalue weighted by atomic mass is 35.5. The summed E-state index contributed by atoms with van der Waals surface area (Å²) in [5.41, 5.74) is 0.505. The Labute approximate surface area is 93.0 Å². The largest absolute Gasteiger partial charge is 0.293 e. The first-order valence-corrected chi connectivity index (χ1v) is 4.78. The second kappa shape index (κ2) is 5.05. The molecule has 1 rings (SSSR count). The second-order valence-electron chi connectivity index (χ2n) is 2.68. The Morgan fingerprint density at radius 3 is 2.36 bits per heavy atom. The van der Waals surface area contributed by atoms with E-state index < -0.39 is 0 Å². The summed E-state index contributed by atoms with van der Waals surface area (Å²) in [6, 6.07) is 4.77.